The first-order valence-corrected chi connectivity index (χ1v) is 8.89. The van der Waals surface area contributed by atoms with Crippen LogP contribution < -0.4 is 0 Å². The predicted molar refractivity (Wildman–Crippen MR) is 96.5 cm³/mol. The van der Waals surface area contributed by atoms with Crippen LogP contribution in [0.15, 0.2) is 18.2 Å². The number of nitrogens with zero attached hydrogens (tertiary/aromatic N) is 2. The Kier molecular flexibility index (Phi) is 4.11. The summed E-state index contributed by atoms with van der Waals surface area (Å²) in [5.41, 5.74) is -4.09. The molecule has 1 heterocycles. The number of carbonyl (C=O) groups excluding carboxylic acids is 3. The van der Waals surface area contributed by atoms with Crippen molar-refractivity contribution in [1.29, 1.82) is 5.26 Å². The van der Waals surface area contributed by atoms with E-state index in [0.29, 0.717) is 4.57 Å². The van der Waals surface area contributed by atoms with Gasteiger partial charge in [0, 0.05) is 18.1 Å². The zero-order chi connectivity index (χ0) is 22.1. The Bertz CT molecular complexity index is 1190. The molecule has 0 aliphatic heterocycles. The SMILES string of the molecule is CC(=O)O[C@@H]1c2c(c3c(n2C#N)C(=O)c2c(O)cccc2C3=O)[C@H](O)[C@@H](O)[C@]1(C)O. The molecule has 30 heavy (non-hydrogen) atoms. The highest BCUT2D eigenvalue weighted by Crippen LogP contribution is 2.50. The number of phenols is 1. The quantitative estimate of drug-likeness (QED) is 0.404. The van der Waals surface area contributed by atoms with E-state index in [0.717, 1.165) is 13.8 Å². The van der Waals surface area contributed by atoms with Crippen LogP contribution >= 0.6 is 0 Å². The van der Waals surface area contributed by atoms with Crippen LogP contribution in [0.3, 0.4) is 0 Å². The fourth-order valence-corrected chi connectivity index (χ4v) is 4.19. The lowest BCUT2D eigenvalue weighted by Gasteiger charge is -2.42. The van der Waals surface area contributed by atoms with E-state index in [1.54, 1.807) is 6.19 Å². The number of hydrogen-bond acceptors (Lipinski definition) is 9. The molecule has 0 unspecified atom stereocenters. The fraction of sp³-hybridized carbons (Fsp3) is 0.300. The Balaban J connectivity index is 2.12. The third-order valence-corrected chi connectivity index (χ3v) is 5.56. The lowest BCUT2D eigenvalue weighted by atomic mass is 9.75. The molecule has 0 bridgehead atoms. The highest BCUT2D eigenvalue weighted by molar-refractivity contribution is 6.29. The van der Waals surface area contributed by atoms with Gasteiger partial charge >= 0.3 is 5.97 Å². The van der Waals surface area contributed by atoms with Gasteiger partial charge in [0.25, 0.3) is 0 Å². The zero-order valence-corrected chi connectivity index (χ0v) is 15.8. The van der Waals surface area contributed by atoms with Crippen molar-refractivity contribution in [2.24, 2.45) is 0 Å². The number of carbonyl (C=O) groups is 3. The number of phenolic OH excluding ortho intramolecular Hbond substituents is 1. The van der Waals surface area contributed by atoms with E-state index in [4.69, 9.17) is 4.74 Å². The maximum Gasteiger partial charge on any atom is 0.303 e. The molecule has 1 aromatic heterocycles. The molecule has 10 nitrogen and oxygen atoms in total. The Morgan fingerprint density at radius 1 is 1.23 bits per heavy atom. The van der Waals surface area contributed by atoms with Gasteiger partial charge in [-0.1, -0.05) is 12.1 Å². The van der Waals surface area contributed by atoms with Crippen LogP contribution in [-0.4, -0.2) is 54.2 Å². The van der Waals surface area contributed by atoms with E-state index in [2.05, 4.69) is 0 Å². The summed E-state index contributed by atoms with van der Waals surface area (Å²) in [6.45, 7) is 2.13. The molecule has 2 aromatic rings. The summed E-state index contributed by atoms with van der Waals surface area (Å²) in [7, 11) is 0. The summed E-state index contributed by atoms with van der Waals surface area (Å²) < 4.78 is 5.83. The minimum atomic E-state index is -2.24. The Labute approximate surface area is 169 Å². The Morgan fingerprint density at radius 2 is 1.90 bits per heavy atom. The second-order valence-electron chi connectivity index (χ2n) is 7.42. The number of rotatable bonds is 1. The van der Waals surface area contributed by atoms with E-state index < -0.39 is 52.9 Å². The molecule has 0 saturated carbocycles. The number of ketones is 2. The van der Waals surface area contributed by atoms with E-state index in [9.17, 15) is 40.1 Å². The normalized spacial score (nSPS) is 27.0. The van der Waals surface area contributed by atoms with Crippen LogP contribution in [0.5, 0.6) is 5.75 Å². The molecule has 0 spiro atoms. The molecule has 0 radical (unpaired) electrons. The summed E-state index contributed by atoms with van der Waals surface area (Å²) >= 11 is 0. The highest BCUT2D eigenvalue weighted by Gasteiger charge is 2.56. The van der Waals surface area contributed by atoms with Gasteiger partial charge in [-0.05, 0) is 13.0 Å². The van der Waals surface area contributed by atoms with Crippen molar-refractivity contribution in [3.8, 4) is 11.9 Å². The van der Waals surface area contributed by atoms with Crippen LogP contribution in [0, 0.1) is 11.5 Å². The van der Waals surface area contributed by atoms with Gasteiger partial charge in [0.1, 0.15) is 29.3 Å². The predicted octanol–water partition coefficient (Wildman–Crippen LogP) is 0.0614. The molecule has 4 atom stereocenters. The highest BCUT2D eigenvalue weighted by atomic mass is 16.6. The number of aliphatic hydroxyl groups excluding tert-OH is 2. The summed E-state index contributed by atoms with van der Waals surface area (Å²) in [5.74, 6) is -2.96. The number of nitriles is 1. The minimum absolute atomic E-state index is 0.145. The maximum absolute atomic E-state index is 13.2. The molecular formula is C20H16N2O8. The van der Waals surface area contributed by atoms with Gasteiger partial charge in [-0.2, -0.15) is 5.26 Å². The lowest BCUT2D eigenvalue weighted by Crippen LogP contribution is -2.53. The van der Waals surface area contributed by atoms with Crippen molar-refractivity contribution >= 4 is 17.5 Å². The Hall–Kier alpha value is -3.52. The zero-order valence-electron chi connectivity index (χ0n) is 15.8. The molecule has 2 aliphatic rings. The van der Waals surface area contributed by atoms with Gasteiger partial charge < -0.3 is 25.2 Å². The molecule has 154 valence electrons. The van der Waals surface area contributed by atoms with Gasteiger partial charge in [-0.25, -0.2) is 4.57 Å². The topological polar surface area (TPSA) is 170 Å². The minimum Gasteiger partial charge on any atom is -0.507 e. The standard InChI is InChI=1S/C20H16N2O8/c1-7(23)30-19-14-12(17(27)18(28)20(19,2)29)11-13(22(14)6-21)16(26)10-8(15(11)25)4-3-5-9(10)24/h3-5,17-19,24,27-29H,1-2H3/t17-,18+,19+,20-/m0/s1. The molecule has 0 fully saturated rings. The molecule has 10 heteroatoms. The summed E-state index contributed by atoms with van der Waals surface area (Å²) in [4.78, 5) is 38.0. The van der Waals surface area contributed by atoms with Gasteiger partial charge in [-0.15, -0.1) is 0 Å². The molecular weight excluding hydrogens is 396 g/mol. The molecule has 0 saturated heterocycles. The summed E-state index contributed by atoms with van der Waals surface area (Å²) in [5, 5.41) is 51.8. The second-order valence-corrected chi connectivity index (χ2v) is 7.42. The molecule has 2 aliphatic carbocycles. The van der Waals surface area contributed by atoms with E-state index in [1.807, 2.05) is 0 Å². The van der Waals surface area contributed by atoms with Gasteiger partial charge in [0.05, 0.1) is 16.8 Å². The maximum atomic E-state index is 13.2. The smallest absolute Gasteiger partial charge is 0.303 e. The van der Waals surface area contributed by atoms with Crippen molar-refractivity contribution < 1.29 is 39.5 Å². The van der Waals surface area contributed by atoms with Crippen LogP contribution in [0.2, 0.25) is 0 Å². The molecule has 1 aromatic carbocycles. The van der Waals surface area contributed by atoms with Crippen molar-refractivity contribution in [2.45, 2.75) is 37.8 Å². The number of ether oxygens (including phenoxy) is 1. The number of fused-ring (bicyclic) bond motifs is 4. The van der Waals surface area contributed by atoms with Crippen LogP contribution in [0.1, 0.15) is 69.3 Å². The van der Waals surface area contributed by atoms with Crippen molar-refractivity contribution in [2.75, 3.05) is 0 Å². The molecule has 4 N–H and O–H groups in total. The third-order valence-electron chi connectivity index (χ3n) is 5.56. The average molecular weight is 412 g/mol. The largest absolute Gasteiger partial charge is 0.507 e. The van der Waals surface area contributed by atoms with Crippen molar-refractivity contribution in [3.05, 3.63) is 51.8 Å². The number of aromatic nitrogens is 1. The number of esters is 1. The van der Waals surface area contributed by atoms with Crippen LogP contribution in [0.25, 0.3) is 0 Å². The first-order chi connectivity index (χ1) is 14.0. The first-order valence-electron chi connectivity index (χ1n) is 8.89. The van der Waals surface area contributed by atoms with E-state index >= 15 is 0 Å². The van der Waals surface area contributed by atoms with Crippen molar-refractivity contribution in [3.63, 3.8) is 0 Å². The van der Waals surface area contributed by atoms with Gasteiger partial charge in [0.15, 0.2) is 18.1 Å². The monoisotopic (exact) mass is 412 g/mol. The molecule has 0 amide bonds. The average Bonchev–Trinajstić information content (AvgIpc) is 3.03. The van der Waals surface area contributed by atoms with E-state index in [1.165, 1.54) is 18.2 Å². The number of hydrogen-bond donors (Lipinski definition) is 4. The number of aliphatic hydroxyl groups is 3. The van der Waals surface area contributed by atoms with Crippen molar-refractivity contribution in [1.82, 2.24) is 4.57 Å². The summed E-state index contributed by atoms with van der Waals surface area (Å²) in [6.07, 6.45) is -3.72. The second kappa shape index (κ2) is 6.24. The number of benzene rings is 1. The van der Waals surface area contributed by atoms with Gasteiger partial charge in [0.2, 0.25) is 5.78 Å². The Morgan fingerprint density at radius 3 is 2.50 bits per heavy atom. The van der Waals surface area contributed by atoms with Crippen LogP contribution in [0.4, 0.5) is 0 Å². The first kappa shape index (κ1) is 19.8. The number of aromatic hydroxyl groups is 1. The van der Waals surface area contributed by atoms with Gasteiger partial charge in [-0.3, -0.25) is 14.4 Å². The van der Waals surface area contributed by atoms with E-state index in [-0.39, 0.29) is 27.9 Å². The molecule has 4 rings (SSSR count). The third kappa shape index (κ3) is 2.31. The lowest BCUT2D eigenvalue weighted by molar-refractivity contribution is -0.202. The summed E-state index contributed by atoms with van der Waals surface area (Å²) in [6, 6.07) is 3.87. The fourth-order valence-electron chi connectivity index (χ4n) is 4.19. The van der Waals surface area contributed by atoms with Crippen LogP contribution in [-0.2, 0) is 9.53 Å².